The molecule has 0 spiro atoms. The van der Waals surface area contributed by atoms with E-state index in [-0.39, 0.29) is 23.3 Å². The van der Waals surface area contributed by atoms with Gasteiger partial charge in [-0.2, -0.15) is 0 Å². The standard InChI is InChI=1S/C25H36N2O3/c1-4-14-25(5-2,6-3)18-26-23(28)20-8-7-9-22(17-20)30-21-12-15-27(16-13-21)24(29)19-10-11-19/h4,7-9,17,19,21H,1,5-6,10-16,18H2,2-3H3,(H,26,28). The predicted molar refractivity (Wildman–Crippen MR) is 120 cm³/mol. The molecule has 1 aliphatic carbocycles. The molecule has 1 saturated heterocycles. The van der Waals surface area contributed by atoms with Crippen molar-refractivity contribution >= 4 is 11.8 Å². The highest BCUT2D eigenvalue weighted by atomic mass is 16.5. The van der Waals surface area contributed by atoms with E-state index < -0.39 is 0 Å². The molecule has 30 heavy (non-hydrogen) atoms. The summed E-state index contributed by atoms with van der Waals surface area (Å²) in [4.78, 5) is 26.9. The van der Waals surface area contributed by atoms with Crippen LogP contribution in [0.1, 0.15) is 69.2 Å². The van der Waals surface area contributed by atoms with Crippen LogP contribution in [-0.4, -0.2) is 42.5 Å². The van der Waals surface area contributed by atoms with Crippen LogP contribution in [0.3, 0.4) is 0 Å². The zero-order valence-corrected chi connectivity index (χ0v) is 18.5. The van der Waals surface area contributed by atoms with Crippen LogP contribution in [0.4, 0.5) is 0 Å². The first-order valence-electron chi connectivity index (χ1n) is 11.4. The summed E-state index contributed by atoms with van der Waals surface area (Å²) in [6.07, 6.45) is 8.71. The van der Waals surface area contributed by atoms with Gasteiger partial charge in [0, 0.05) is 44.0 Å². The lowest BCUT2D eigenvalue weighted by molar-refractivity contribution is -0.134. The summed E-state index contributed by atoms with van der Waals surface area (Å²) in [5.41, 5.74) is 0.686. The minimum absolute atomic E-state index is 0.0669. The van der Waals surface area contributed by atoms with E-state index in [2.05, 4.69) is 25.7 Å². The molecule has 2 amide bonds. The molecule has 0 atom stereocenters. The van der Waals surface area contributed by atoms with Gasteiger partial charge in [-0.25, -0.2) is 0 Å². The van der Waals surface area contributed by atoms with Crippen molar-refractivity contribution in [3.05, 3.63) is 42.5 Å². The third-order valence-electron chi connectivity index (χ3n) is 6.78. The first-order valence-corrected chi connectivity index (χ1v) is 11.4. The van der Waals surface area contributed by atoms with Crippen molar-refractivity contribution in [3.8, 4) is 5.75 Å². The van der Waals surface area contributed by atoms with E-state index in [1.165, 1.54) is 0 Å². The zero-order chi connectivity index (χ0) is 21.6. The molecule has 164 valence electrons. The van der Waals surface area contributed by atoms with Crippen LogP contribution in [0.15, 0.2) is 36.9 Å². The molecule has 2 fully saturated rings. The van der Waals surface area contributed by atoms with E-state index in [0.29, 0.717) is 18.0 Å². The molecule has 1 heterocycles. The van der Waals surface area contributed by atoms with Crippen molar-refractivity contribution < 1.29 is 14.3 Å². The van der Waals surface area contributed by atoms with Crippen LogP contribution >= 0.6 is 0 Å². The van der Waals surface area contributed by atoms with Gasteiger partial charge < -0.3 is 15.0 Å². The van der Waals surface area contributed by atoms with E-state index >= 15 is 0 Å². The molecule has 0 unspecified atom stereocenters. The number of carbonyl (C=O) groups excluding carboxylic acids is 2. The molecule has 5 heteroatoms. The third-order valence-corrected chi connectivity index (χ3v) is 6.78. The van der Waals surface area contributed by atoms with Crippen molar-refractivity contribution in [2.24, 2.45) is 11.3 Å². The molecule has 0 radical (unpaired) electrons. The summed E-state index contributed by atoms with van der Waals surface area (Å²) in [5, 5.41) is 3.11. The minimum atomic E-state index is -0.0689. The van der Waals surface area contributed by atoms with Gasteiger partial charge in [-0.3, -0.25) is 9.59 Å². The number of ether oxygens (including phenoxy) is 1. The topological polar surface area (TPSA) is 58.6 Å². The van der Waals surface area contributed by atoms with Gasteiger partial charge in [0.25, 0.3) is 5.91 Å². The fourth-order valence-corrected chi connectivity index (χ4v) is 4.22. The fraction of sp³-hybridized carbons (Fsp3) is 0.600. The minimum Gasteiger partial charge on any atom is -0.490 e. The van der Waals surface area contributed by atoms with Crippen LogP contribution in [-0.2, 0) is 4.79 Å². The Morgan fingerprint density at radius 3 is 2.50 bits per heavy atom. The van der Waals surface area contributed by atoms with E-state index in [4.69, 9.17) is 4.74 Å². The number of allylic oxidation sites excluding steroid dienone is 1. The molecule has 3 rings (SSSR count). The number of benzene rings is 1. The van der Waals surface area contributed by atoms with Gasteiger partial charge >= 0.3 is 0 Å². The summed E-state index contributed by atoms with van der Waals surface area (Å²) in [6, 6.07) is 7.42. The summed E-state index contributed by atoms with van der Waals surface area (Å²) in [5.74, 6) is 1.25. The second-order valence-corrected chi connectivity index (χ2v) is 8.83. The maximum Gasteiger partial charge on any atom is 0.251 e. The molecule has 1 saturated carbocycles. The third kappa shape index (κ3) is 5.65. The Morgan fingerprint density at radius 2 is 1.90 bits per heavy atom. The number of carbonyl (C=O) groups is 2. The molecule has 5 nitrogen and oxygen atoms in total. The molecule has 2 aliphatic rings. The first-order chi connectivity index (χ1) is 14.5. The Morgan fingerprint density at radius 1 is 1.20 bits per heavy atom. The number of hydrogen-bond donors (Lipinski definition) is 1. The van der Waals surface area contributed by atoms with Crippen LogP contribution in [0.25, 0.3) is 0 Å². The van der Waals surface area contributed by atoms with Gasteiger partial charge in [-0.1, -0.05) is 26.0 Å². The Balaban J connectivity index is 1.52. The molecule has 1 aromatic rings. The summed E-state index contributed by atoms with van der Waals surface area (Å²) in [6.45, 7) is 10.4. The highest BCUT2D eigenvalue weighted by Gasteiger charge is 2.35. The second-order valence-electron chi connectivity index (χ2n) is 8.83. The summed E-state index contributed by atoms with van der Waals surface area (Å²) >= 11 is 0. The van der Waals surface area contributed by atoms with Gasteiger partial charge in [-0.05, 0) is 55.7 Å². The monoisotopic (exact) mass is 412 g/mol. The van der Waals surface area contributed by atoms with Crippen LogP contribution < -0.4 is 10.1 Å². The zero-order valence-electron chi connectivity index (χ0n) is 18.5. The van der Waals surface area contributed by atoms with Crippen molar-refractivity contribution in [3.63, 3.8) is 0 Å². The molecule has 0 aromatic heterocycles. The van der Waals surface area contributed by atoms with Crippen molar-refractivity contribution in [1.82, 2.24) is 10.2 Å². The van der Waals surface area contributed by atoms with E-state index in [1.807, 2.05) is 35.2 Å². The lowest BCUT2D eigenvalue weighted by atomic mass is 9.79. The normalized spacial score (nSPS) is 17.5. The second kappa shape index (κ2) is 10.1. The Labute approximate surface area is 180 Å². The maximum atomic E-state index is 12.7. The molecular formula is C25H36N2O3. The smallest absolute Gasteiger partial charge is 0.251 e. The molecule has 1 N–H and O–H groups in total. The van der Waals surface area contributed by atoms with Crippen LogP contribution in [0, 0.1) is 11.3 Å². The highest BCUT2D eigenvalue weighted by molar-refractivity contribution is 5.94. The average Bonchev–Trinajstić information content (AvgIpc) is 3.62. The van der Waals surface area contributed by atoms with E-state index in [9.17, 15) is 9.59 Å². The fourth-order valence-electron chi connectivity index (χ4n) is 4.22. The summed E-state index contributed by atoms with van der Waals surface area (Å²) in [7, 11) is 0. The summed E-state index contributed by atoms with van der Waals surface area (Å²) < 4.78 is 6.15. The number of amides is 2. The molecule has 1 aliphatic heterocycles. The van der Waals surface area contributed by atoms with Gasteiger partial charge in [0.05, 0.1) is 0 Å². The quantitative estimate of drug-likeness (QED) is 0.572. The Hall–Kier alpha value is -2.30. The number of hydrogen-bond acceptors (Lipinski definition) is 3. The number of nitrogens with one attached hydrogen (secondary N) is 1. The number of rotatable bonds is 10. The van der Waals surface area contributed by atoms with Gasteiger partial charge in [-0.15, -0.1) is 6.58 Å². The van der Waals surface area contributed by atoms with E-state index in [1.54, 1.807) is 0 Å². The van der Waals surface area contributed by atoms with Gasteiger partial charge in [0.15, 0.2) is 0 Å². The van der Waals surface area contributed by atoms with Crippen molar-refractivity contribution in [2.45, 2.75) is 64.9 Å². The Kier molecular flexibility index (Phi) is 7.57. The van der Waals surface area contributed by atoms with Gasteiger partial charge in [0.1, 0.15) is 11.9 Å². The SMILES string of the molecule is C=CCC(CC)(CC)CNC(=O)c1cccc(OC2CCN(C(=O)C3CC3)CC2)c1. The van der Waals surface area contributed by atoms with Crippen LogP contribution in [0.2, 0.25) is 0 Å². The lowest BCUT2D eigenvalue weighted by Gasteiger charge is -2.32. The molecule has 1 aromatic carbocycles. The largest absolute Gasteiger partial charge is 0.490 e. The van der Waals surface area contributed by atoms with Gasteiger partial charge in [0.2, 0.25) is 5.91 Å². The van der Waals surface area contributed by atoms with Crippen molar-refractivity contribution in [1.29, 1.82) is 0 Å². The van der Waals surface area contributed by atoms with Crippen molar-refractivity contribution in [2.75, 3.05) is 19.6 Å². The highest BCUT2D eigenvalue weighted by Crippen LogP contribution is 2.32. The van der Waals surface area contributed by atoms with E-state index in [0.717, 1.165) is 63.8 Å². The first kappa shape index (κ1) is 22.4. The maximum absolute atomic E-state index is 12.7. The number of likely N-dealkylation sites (tertiary alicyclic amines) is 1. The number of piperidine rings is 1. The average molecular weight is 413 g/mol. The number of nitrogens with zero attached hydrogens (tertiary/aromatic N) is 1. The lowest BCUT2D eigenvalue weighted by Crippen LogP contribution is -2.42. The van der Waals surface area contributed by atoms with Crippen LogP contribution in [0.5, 0.6) is 5.75 Å². The Bertz CT molecular complexity index is 745. The molecular weight excluding hydrogens is 376 g/mol. The predicted octanol–water partition coefficient (Wildman–Crippen LogP) is 4.58. The molecule has 0 bridgehead atoms.